The highest BCUT2D eigenvalue weighted by Crippen LogP contribution is 2.24. The van der Waals surface area contributed by atoms with Gasteiger partial charge in [-0.3, -0.25) is 0 Å². The molecule has 1 atom stereocenters. The maximum atomic E-state index is 12.8. The van der Waals surface area contributed by atoms with Crippen LogP contribution >= 0.6 is 15.9 Å². The van der Waals surface area contributed by atoms with Gasteiger partial charge in [-0.2, -0.15) is 17.0 Å². The minimum absolute atomic E-state index is 0.224. The Morgan fingerprint density at radius 2 is 1.61 bits per heavy atom. The summed E-state index contributed by atoms with van der Waals surface area (Å²) in [6.45, 7) is 4.46. The number of quaternary nitrogens is 1. The largest absolute Gasteiger partial charge is 0.491 e. The summed E-state index contributed by atoms with van der Waals surface area (Å²) in [5, 5.41) is 12.7. The van der Waals surface area contributed by atoms with Gasteiger partial charge >= 0.3 is 0 Å². The van der Waals surface area contributed by atoms with Crippen molar-refractivity contribution in [3.05, 3.63) is 40.9 Å². The number of piperazine rings is 1. The van der Waals surface area contributed by atoms with E-state index in [1.165, 1.54) is 4.90 Å². The molecule has 2 aliphatic rings. The van der Waals surface area contributed by atoms with Gasteiger partial charge in [-0.25, -0.2) is 0 Å². The summed E-state index contributed by atoms with van der Waals surface area (Å²) >= 11 is 3.48. The number of rotatable bonds is 7. The van der Waals surface area contributed by atoms with Gasteiger partial charge in [-0.15, -0.1) is 0 Å². The number of hydrogen-bond acceptors (Lipinski definition) is 4. The zero-order valence-corrected chi connectivity index (χ0v) is 20.1. The van der Waals surface area contributed by atoms with E-state index in [4.69, 9.17) is 4.74 Å². The number of piperidine rings is 1. The average molecular weight is 513 g/mol. The minimum Gasteiger partial charge on any atom is -0.491 e. The molecule has 2 aromatic carbocycles. The fourth-order valence-corrected chi connectivity index (χ4v) is 6.43. The van der Waals surface area contributed by atoms with Gasteiger partial charge in [0.25, 0.3) is 10.2 Å². The maximum absolute atomic E-state index is 12.8. The molecule has 0 saturated carbocycles. The third-order valence-electron chi connectivity index (χ3n) is 6.14. The van der Waals surface area contributed by atoms with Gasteiger partial charge in [0.2, 0.25) is 0 Å². The molecule has 2 N–H and O–H groups in total. The van der Waals surface area contributed by atoms with Crippen LogP contribution in [0.15, 0.2) is 40.9 Å². The van der Waals surface area contributed by atoms with Crippen molar-refractivity contribution in [1.82, 2.24) is 8.61 Å². The predicted molar refractivity (Wildman–Crippen MR) is 125 cm³/mol. The normalized spacial score (nSPS) is 20.7. The van der Waals surface area contributed by atoms with Crippen LogP contribution in [0.2, 0.25) is 0 Å². The van der Waals surface area contributed by atoms with Crippen LogP contribution in [0, 0.1) is 0 Å². The number of ether oxygens (including phenoxy) is 1. The molecule has 2 aromatic rings. The van der Waals surface area contributed by atoms with Gasteiger partial charge in [0, 0.05) is 17.6 Å². The molecule has 0 radical (unpaired) electrons. The third-order valence-corrected chi connectivity index (χ3v) is 8.67. The molecule has 2 saturated heterocycles. The van der Waals surface area contributed by atoms with Crippen LogP contribution in [0.1, 0.15) is 19.3 Å². The molecular formula is C22H31BrN3O4S+. The highest BCUT2D eigenvalue weighted by Gasteiger charge is 2.34. The molecule has 7 nitrogen and oxygen atoms in total. The summed E-state index contributed by atoms with van der Waals surface area (Å²) in [5.74, 6) is 0.737. The number of benzene rings is 2. The van der Waals surface area contributed by atoms with Crippen LogP contribution < -0.4 is 9.64 Å². The number of aliphatic hydroxyl groups is 1. The molecule has 0 bridgehead atoms. The molecule has 2 aliphatic heterocycles. The third kappa shape index (κ3) is 5.77. The van der Waals surface area contributed by atoms with E-state index in [0.29, 0.717) is 45.8 Å². The van der Waals surface area contributed by atoms with Crippen LogP contribution in [0.5, 0.6) is 5.75 Å². The Balaban J connectivity index is 1.24. The van der Waals surface area contributed by atoms with Crippen molar-refractivity contribution in [3.8, 4) is 5.75 Å². The van der Waals surface area contributed by atoms with E-state index < -0.39 is 16.3 Å². The first-order valence-electron chi connectivity index (χ1n) is 11.0. The van der Waals surface area contributed by atoms with E-state index >= 15 is 0 Å². The first-order valence-corrected chi connectivity index (χ1v) is 13.2. The topological polar surface area (TPSA) is 74.5 Å². The van der Waals surface area contributed by atoms with E-state index in [2.05, 4.69) is 22.0 Å². The summed E-state index contributed by atoms with van der Waals surface area (Å²) in [6.07, 6.45) is 2.42. The van der Waals surface area contributed by atoms with Crippen molar-refractivity contribution in [2.45, 2.75) is 25.4 Å². The summed E-state index contributed by atoms with van der Waals surface area (Å²) in [6, 6.07) is 12.0. The zero-order valence-electron chi connectivity index (χ0n) is 17.7. The number of halogens is 1. The van der Waals surface area contributed by atoms with Gasteiger partial charge in [0.15, 0.2) is 0 Å². The van der Waals surface area contributed by atoms with Crippen molar-refractivity contribution >= 4 is 36.9 Å². The SMILES string of the molecule is O=S(=O)(N1CCCCC1)N1CC[NH+](C[C@H](O)COc2ccc3cc(Br)ccc3c2)CC1. The van der Waals surface area contributed by atoms with E-state index in [1.807, 2.05) is 30.3 Å². The lowest BCUT2D eigenvalue weighted by Gasteiger charge is -2.36. The van der Waals surface area contributed by atoms with E-state index in [-0.39, 0.29) is 6.61 Å². The number of hydrogen-bond donors (Lipinski definition) is 2. The van der Waals surface area contributed by atoms with Gasteiger partial charge in [0.05, 0.1) is 26.2 Å². The molecule has 2 fully saturated rings. The fraction of sp³-hybridized carbons (Fsp3) is 0.545. The number of fused-ring (bicyclic) bond motifs is 1. The molecule has 0 aliphatic carbocycles. The van der Waals surface area contributed by atoms with Crippen molar-refractivity contribution in [2.75, 3.05) is 52.4 Å². The fourth-order valence-electron chi connectivity index (χ4n) is 4.37. The Morgan fingerprint density at radius 1 is 0.968 bits per heavy atom. The van der Waals surface area contributed by atoms with Crippen molar-refractivity contribution in [3.63, 3.8) is 0 Å². The maximum Gasteiger partial charge on any atom is 0.282 e. The summed E-state index contributed by atoms with van der Waals surface area (Å²) in [5.41, 5.74) is 0. The number of nitrogens with one attached hydrogen (secondary N) is 1. The molecule has 0 spiro atoms. The molecule has 9 heteroatoms. The van der Waals surface area contributed by atoms with Crippen molar-refractivity contribution < 1.29 is 23.2 Å². The highest BCUT2D eigenvalue weighted by atomic mass is 79.9. The van der Waals surface area contributed by atoms with E-state index in [0.717, 1.165) is 40.3 Å². The molecule has 170 valence electrons. The van der Waals surface area contributed by atoms with Crippen LogP contribution in [-0.2, 0) is 10.2 Å². The second-order valence-electron chi connectivity index (χ2n) is 8.44. The molecule has 0 unspecified atom stereocenters. The lowest BCUT2D eigenvalue weighted by Crippen LogP contribution is -3.16. The monoisotopic (exact) mass is 512 g/mol. The summed E-state index contributed by atoms with van der Waals surface area (Å²) in [4.78, 5) is 1.21. The van der Waals surface area contributed by atoms with Crippen molar-refractivity contribution in [1.29, 1.82) is 0 Å². The van der Waals surface area contributed by atoms with Crippen LogP contribution in [0.4, 0.5) is 0 Å². The van der Waals surface area contributed by atoms with Gasteiger partial charge < -0.3 is 14.7 Å². The number of nitrogens with zero attached hydrogens (tertiary/aromatic N) is 2. The highest BCUT2D eigenvalue weighted by molar-refractivity contribution is 9.10. The van der Waals surface area contributed by atoms with Gasteiger partial charge in [-0.05, 0) is 47.9 Å². The van der Waals surface area contributed by atoms with Crippen LogP contribution in [-0.4, -0.2) is 80.7 Å². The molecule has 4 rings (SSSR count). The summed E-state index contributed by atoms with van der Waals surface area (Å²) in [7, 11) is -3.34. The van der Waals surface area contributed by atoms with Gasteiger partial charge in [0.1, 0.15) is 25.0 Å². The Hall–Kier alpha value is -1.23. The minimum atomic E-state index is -3.34. The lowest BCUT2D eigenvalue weighted by molar-refractivity contribution is -0.906. The van der Waals surface area contributed by atoms with E-state index in [1.54, 1.807) is 8.61 Å². The molecular weight excluding hydrogens is 482 g/mol. The Morgan fingerprint density at radius 3 is 2.35 bits per heavy atom. The number of aliphatic hydroxyl groups excluding tert-OH is 1. The second kappa shape index (κ2) is 10.1. The first kappa shape index (κ1) is 22.9. The molecule has 31 heavy (non-hydrogen) atoms. The van der Waals surface area contributed by atoms with Gasteiger partial charge in [-0.1, -0.05) is 34.5 Å². The standard InChI is InChI=1S/C22H30BrN3O4S/c23-20-6-4-19-15-22(7-5-18(19)14-20)30-17-21(27)16-24-10-12-26(13-11-24)31(28,29)25-8-2-1-3-9-25/h4-7,14-15,21,27H,1-3,8-13,16-17H2/p+1/t21-/m0/s1. The Labute approximate surface area is 192 Å². The molecule has 0 aromatic heterocycles. The molecule has 2 heterocycles. The van der Waals surface area contributed by atoms with Crippen molar-refractivity contribution in [2.24, 2.45) is 0 Å². The van der Waals surface area contributed by atoms with Crippen LogP contribution in [0.3, 0.4) is 0 Å². The Kier molecular flexibility index (Phi) is 7.51. The first-order chi connectivity index (χ1) is 14.9. The quantitative estimate of drug-likeness (QED) is 0.585. The van der Waals surface area contributed by atoms with Crippen LogP contribution in [0.25, 0.3) is 10.8 Å². The zero-order chi connectivity index (χ0) is 21.8. The van der Waals surface area contributed by atoms with E-state index in [9.17, 15) is 13.5 Å². The Bertz CT molecular complexity index is 989. The predicted octanol–water partition coefficient (Wildman–Crippen LogP) is 1.27. The average Bonchev–Trinajstić information content (AvgIpc) is 2.78. The smallest absolute Gasteiger partial charge is 0.282 e. The lowest BCUT2D eigenvalue weighted by atomic mass is 10.1. The summed E-state index contributed by atoms with van der Waals surface area (Å²) < 4.78 is 35.7. The second-order valence-corrected chi connectivity index (χ2v) is 11.3. The molecule has 0 amide bonds.